The van der Waals surface area contributed by atoms with E-state index in [2.05, 4.69) is 36.6 Å². The van der Waals surface area contributed by atoms with Crippen molar-refractivity contribution < 1.29 is 43.9 Å². The lowest BCUT2D eigenvalue weighted by molar-refractivity contribution is -0.142. The van der Waals surface area contributed by atoms with Gasteiger partial charge in [-0.3, -0.25) is 19.1 Å². The van der Waals surface area contributed by atoms with Crippen LogP contribution in [0.3, 0.4) is 0 Å². The maximum Gasteiger partial charge on any atom is 0.435 e. The van der Waals surface area contributed by atoms with E-state index in [1.807, 2.05) is 7.05 Å². The van der Waals surface area contributed by atoms with Crippen LogP contribution in [0.1, 0.15) is 58.2 Å². The summed E-state index contributed by atoms with van der Waals surface area (Å²) in [6.45, 7) is 3.44. The highest BCUT2D eigenvalue weighted by atomic mass is 35.5. The first-order valence-electron chi connectivity index (χ1n) is 19.0. The van der Waals surface area contributed by atoms with Crippen LogP contribution in [0.2, 0.25) is 5.02 Å². The predicted octanol–water partition coefficient (Wildman–Crippen LogP) is 6.01. The molecule has 12 nitrogen and oxygen atoms in total. The molecule has 1 aliphatic heterocycles. The Hall–Kier alpha value is -5.23. The lowest BCUT2D eigenvalue weighted by atomic mass is 9.84. The van der Waals surface area contributed by atoms with Gasteiger partial charge in [-0.25, -0.2) is 26.9 Å². The van der Waals surface area contributed by atoms with Gasteiger partial charge in [-0.05, 0) is 67.6 Å². The van der Waals surface area contributed by atoms with E-state index in [1.165, 1.54) is 36.0 Å². The Morgan fingerprint density at radius 1 is 1.03 bits per heavy atom. The molecule has 1 saturated carbocycles. The second kappa shape index (κ2) is 15.3. The summed E-state index contributed by atoms with van der Waals surface area (Å²) in [5.74, 6) is -5.70. The number of amides is 1. The first kappa shape index (κ1) is 42.5. The summed E-state index contributed by atoms with van der Waals surface area (Å²) >= 11 is 6.63. The molecule has 8 rings (SSSR count). The Bertz CT molecular complexity index is 2750. The van der Waals surface area contributed by atoms with E-state index in [-0.39, 0.29) is 56.2 Å². The number of hydrogen-bond acceptors (Lipinski definition) is 8. The van der Waals surface area contributed by atoms with Crippen molar-refractivity contribution in [2.75, 3.05) is 50.7 Å². The highest BCUT2D eigenvalue weighted by Crippen LogP contribution is 2.69. The fourth-order valence-electron chi connectivity index (χ4n) is 8.61. The molecule has 1 unspecified atom stereocenters. The van der Waals surface area contributed by atoms with E-state index < -0.39 is 86.8 Å². The third-order valence-electron chi connectivity index (χ3n) is 11.4. The molecule has 0 radical (unpaired) electrons. The average Bonchev–Trinajstić information content (AvgIpc) is 3.68. The standard InChI is InChI=1S/C40H37ClF7N9O3S/c1-54-11-13-56(14-12-54)10-4-5-23-6-7-24(25-8-9-29(41)31-33(25)55(2)52-38(31)53-61(3,59)60)32(50-23)27(17-20-15-21(42)18-22(43)16-20)34(37(49)58)57-36-30(35(51-57)40(46,47)48)26-19-28(26)39(36,44)45/h6-9,15-16,18,26-28,34H,10-14,17,19H2,1-3H3,(H2,49,58)(H,52,53)/t26-,27+,28+,34?/m0/s1. The van der Waals surface area contributed by atoms with Gasteiger partial charge in [-0.1, -0.05) is 23.6 Å². The highest BCUT2D eigenvalue weighted by molar-refractivity contribution is 7.92. The van der Waals surface area contributed by atoms with Gasteiger partial charge in [0.1, 0.15) is 29.1 Å². The molecule has 5 aromatic rings. The molecular weight excluding hydrogens is 855 g/mol. The topological polar surface area (TPSA) is 144 Å². The second-order valence-corrected chi connectivity index (χ2v) is 17.9. The molecule has 3 aliphatic rings. The average molecular weight is 892 g/mol. The van der Waals surface area contributed by atoms with Gasteiger partial charge in [0.05, 0.1) is 34.4 Å². The number of fused-ring (bicyclic) bond motifs is 4. The fraction of sp³-hybridized carbons (Fsp3) is 0.400. The number of hydrogen-bond donors (Lipinski definition) is 2. The minimum absolute atomic E-state index is 0.0632. The maximum absolute atomic E-state index is 16.2. The number of nitrogens with zero attached hydrogens (tertiary/aromatic N) is 7. The number of anilines is 1. The van der Waals surface area contributed by atoms with Gasteiger partial charge in [0.15, 0.2) is 11.5 Å². The summed E-state index contributed by atoms with van der Waals surface area (Å²) in [7, 11) is -0.412. The second-order valence-electron chi connectivity index (χ2n) is 15.7. The van der Waals surface area contributed by atoms with E-state index in [1.54, 1.807) is 0 Å². The first-order chi connectivity index (χ1) is 28.6. The summed E-state index contributed by atoms with van der Waals surface area (Å²) < 4.78 is 135. The van der Waals surface area contributed by atoms with Crippen molar-refractivity contribution in [3.8, 4) is 23.0 Å². The Morgan fingerprint density at radius 3 is 2.34 bits per heavy atom. The predicted molar refractivity (Wildman–Crippen MR) is 211 cm³/mol. The number of halogens is 8. The number of aromatic nitrogens is 5. The molecule has 1 amide bonds. The Labute approximate surface area is 349 Å². The van der Waals surface area contributed by atoms with E-state index in [4.69, 9.17) is 22.3 Å². The van der Waals surface area contributed by atoms with Crippen LogP contribution in [0.25, 0.3) is 22.0 Å². The van der Waals surface area contributed by atoms with E-state index in [0.29, 0.717) is 17.3 Å². The molecule has 4 atom stereocenters. The molecule has 0 bridgehead atoms. The Kier molecular flexibility index (Phi) is 10.6. The minimum Gasteiger partial charge on any atom is -0.368 e. The normalized spacial score (nSPS) is 19.9. The number of carbonyl (C=O) groups excluding carboxylic acids is 1. The van der Waals surface area contributed by atoms with Crippen LogP contribution in [-0.2, 0) is 40.4 Å². The molecule has 0 spiro atoms. The summed E-state index contributed by atoms with van der Waals surface area (Å²) in [4.78, 5) is 23.0. The molecule has 3 N–H and O–H groups in total. The van der Waals surface area contributed by atoms with Gasteiger partial charge in [0, 0.05) is 67.8 Å². The van der Waals surface area contributed by atoms with Crippen LogP contribution in [0.15, 0.2) is 42.5 Å². The number of aryl methyl sites for hydroxylation is 1. The minimum atomic E-state index is -5.21. The monoisotopic (exact) mass is 891 g/mol. The van der Waals surface area contributed by atoms with Crippen LogP contribution < -0.4 is 10.5 Å². The number of primary amides is 1. The van der Waals surface area contributed by atoms with Crippen molar-refractivity contribution in [3.05, 3.63) is 93.0 Å². The molecule has 4 heterocycles. The summed E-state index contributed by atoms with van der Waals surface area (Å²) in [5, 5.41) is 8.18. The third kappa shape index (κ3) is 8.04. The molecule has 2 aliphatic carbocycles. The number of benzene rings is 2. The molecular formula is C40H37ClF7N9O3S. The lowest BCUT2D eigenvalue weighted by Crippen LogP contribution is -2.44. The van der Waals surface area contributed by atoms with Crippen molar-refractivity contribution in [1.29, 1.82) is 0 Å². The van der Waals surface area contributed by atoms with Gasteiger partial charge in [0.25, 0.3) is 5.92 Å². The van der Waals surface area contributed by atoms with Gasteiger partial charge >= 0.3 is 6.18 Å². The molecule has 322 valence electrons. The van der Waals surface area contributed by atoms with Crippen molar-refractivity contribution in [2.45, 2.75) is 42.8 Å². The SMILES string of the molecule is CN1CCN(CC#Cc2ccc(-c3ccc(Cl)c4c(NS(C)(=O)=O)nn(C)c34)c([C@@H](Cc3cc(F)cc(F)c3)C(C(N)=O)n3nc(C(F)(F)F)c4c3C(F)(F)[C@@H]3C[C@H]43)n2)CC1. The van der Waals surface area contributed by atoms with Gasteiger partial charge in [0.2, 0.25) is 15.9 Å². The van der Waals surface area contributed by atoms with E-state index >= 15 is 8.78 Å². The number of pyridine rings is 1. The summed E-state index contributed by atoms with van der Waals surface area (Å²) in [6, 6.07) is 6.27. The molecule has 2 aromatic carbocycles. The first-order valence-corrected chi connectivity index (χ1v) is 21.3. The highest BCUT2D eigenvalue weighted by Gasteiger charge is 2.69. The van der Waals surface area contributed by atoms with Crippen molar-refractivity contribution >= 4 is 44.3 Å². The van der Waals surface area contributed by atoms with Crippen LogP contribution >= 0.6 is 11.6 Å². The lowest BCUT2D eigenvalue weighted by Gasteiger charge is -2.30. The van der Waals surface area contributed by atoms with Crippen molar-refractivity contribution in [2.24, 2.45) is 18.7 Å². The number of sulfonamides is 1. The summed E-state index contributed by atoms with van der Waals surface area (Å²) in [5.41, 5.74) is 2.98. The van der Waals surface area contributed by atoms with Crippen LogP contribution in [-0.4, -0.2) is 94.7 Å². The molecule has 61 heavy (non-hydrogen) atoms. The molecule has 3 aromatic heterocycles. The zero-order valence-corrected chi connectivity index (χ0v) is 34.2. The van der Waals surface area contributed by atoms with Crippen LogP contribution in [0.5, 0.6) is 0 Å². The quantitative estimate of drug-likeness (QED) is 0.128. The maximum atomic E-state index is 16.2. The van der Waals surface area contributed by atoms with Gasteiger partial charge in [-0.2, -0.15) is 32.1 Å². The number of carbonyl (C=O) groups is 1. The van der Waals surface area contributed by atoms with Gasteiger partial charge in [-0.15, -0.1) is 0 Å². The van der Waals surface area contributed by atoms with Gasteiger partial charge < -0.3 is 10.6 Å². The zero-order chi connectivity index (χ0) is 43.9. The Morgan fingerprint density at radius 2 is 1.70 bits per heavy atom. The summed E-state index contributed by atoms with van der Waals surface area (Å²) in [6.07, 6.45) is -5.11. The number of nitrogens with one attached hydrogen (secondary N) is 1. The number of rotatable bonds is 10. The number of alkyl halides is 5. The fourth-order valence-corrected chi connectivity index (χ4v) is 9.34. The van der Waals surface area contributed by atoms with E-state index in [9.17, 15) is 35.2 Å². The number of likely N-dealkylation sites (N-methyl/N-ethyl adjacent to an activating group) is 1. The molecule has 2 fully saturated rings. The smallest absolute Gasteiger partial charge is 0.368 e. The largest absolute Gasteiger partial charge is 0.435 e. The zero-order valence-electron chi connectivity index (χ0n) is 32.7. The molecule has 21 heteroatoms. The van der Waals surface area contributed by atoms with Crippen molar-refractivity contribution in [3.63, 3.8) is 0 Å². The Balaban J connectivity index is 1.39. The van der Waals surface area contributed by atoms with Crippen LogP contribution in [0.4, 0.5) is 36.6 Å². The van der Waals surface area contributed by atoms with Crippen LogP contribution in [0, 0.1) is 29.4 Å². The molecule has 1 saturated heterocycles. The van der Waals surface area contributed by atoms with E-state index in [0.717, 1.165) is 44.6 Å². The van der Waals surface area contributed by atoms with Crippen molar-refractivity contribution in [1.82, 2.24) is 34.3 Å². The number of piperazine rings is 1. The third-order valence-corrected chi connectivity index (χ3v) is 12.3. The number of nitrogens with two attached hydrogens (primary N) is 1.